The van der Waals surface area contributed by atoms with Crippen LogP contribution < -0.4 is 5.32 Å². The summed E-state index contributed by atoms with van der Waals surface area (Å²) in [5, 5.41) is 31.0. The summed E-state index contributed by atoms with van der Waals surface area (Å²) in [7, 11) is 0. The van der Waals surface area contributed by atoms with Gasteiger partial charge in [-0.1, -0.05) is 24.3 Å². The SMILES string of the molecule is N#Cc1ccc(-c2ccc3cc(C(=O)NCC(O)CCCO)[nH]c3c2)cc1. The minimum Gasteiger partial charge on any atom is -0.396 e. The summed E-state index contributed by atoms with van der Waals surface area (Å²) in [6, 6.07) is 17.1. The number of carbonyl (C=O) groups excluding carboxylic acids is 1. The van der Waals surface area contributed by atoms with Gasteiger partial charge in [-0.2, -0.15) is 5.26 Å². The molecule has 0 saturated carbocycles. The summed E-state index contributed by atoms with van der Waals surface area (Å²) in [5.74, 6) is -0.283. The van der Waals surface area contributed by atoms with Crippen molar-refractivity contribution in [2.75, 3.05) is 13.2 Å². The first-order valence-electron chi connectivity index (χ1n) is 8.81. The number of rotatable bonds is 7. The molecule has 27 heavy (non-hydrogen) atoms. The molecule has 0 radical (unpaired) electrons. The van der Waals surface area contributed by atoms with Gasteiger partial charge in [0, 0.05) is 24.1 Å². The summed E-state index contributed by atoms with van der Waals surface area (Å²) in [5.41, 5.74) is 3.85. The van der Waals surface area contributed by atoms with Crippen LogP contribution in [0.1, 0.15) is 28.9 Å². The summed E-state index contributed by atoms with van der Waals surface area (Å²) in [6.45, 7) is 0.166. The van der Waals surface area contributed by atoms with Crippen molar-refractivity contribution >= 4 is 16.8 Å². The fraction of sp³-hybridized carbons (Fsp3) is 0.238. The van der Waals surface area contributed by atoms with Gasteiger partial charge in [-0.3, -0.25) is 4.79 Å². The van der Waals surface area contributed by atoms with Crippen LogP contribution in [0, 0.1) is 11.3 Å². The lowest BCUT2D eigenvalue weighted by molar-refractivity contribution is 0.0900. The number of nitriles is 1. The first-order valence-corrected chi connectivity index (χ1v) is 8.81. The molecule has 1 heterocycles. The van der Waals surface area contributed by atoms with Gasteiger partial charge < -0.3 is 20.5 Å². The zero-order valence-corrected chi connectivity index (χ0v) is 14.8. The number of aliphatic hydroxyl groups is 2. The van der Waals surface area contributed by atoms with Crippen molar-refractivity contribution in [3.05, 3.63) is 59.8 Å². The smallest absolute Gasteiger partial charge is 0.267 e. The first kappa shape index (κ1) is 18.6. The van der Waals surface area contributed by atoms with Crippen LogP contribution >= 0.6 is 0 Å². The zero-order chi connectivity index (χ0) is 19.2. The van der Waals surface area contributed by atoms with Crippen molar-refractivity contribution in [2.24, 2.45) is 0 Å². The number of amides is 1. The zero-order valence-electron chi connectivity index (χ0n) is 14.8. The molecule has 0 aliphatic heterocycles. The molecule has 0 spiro atoms. The predicted molar refractivity (Wildman–Crippen MR) is 103 cm³/mol. The number of carbonyl (C=O) groups is 1. The maximum absolute atomic E-state index is 12.3. The van der Waals surface area contributed by atoms with Gasteiger partial charge in [0.05, 0.1) is 17.7 Å². The van der Waals surface area contributed by atoms with Gasteiger partial charge >= 0.3 is 0 Å². The minimum absolute atomic E-state index is 0.0224. The molecule has 2 aromatic carbocycles. The predicted octanol–water partition coefficient (Wildman–Crippen LogP) is 2.57. The molecular weight excluding hydrogens is 342 g/mol. The topological polar surface area (TPSA) is 109 Å². The number of H-pyrrole nitrogens is 1. The van der Waals surface area contributed by atoms with Crippen molar-refractivity contribution in [3.63, 3.8) is 0 Å². The lowest BCUT2D eigenvalue weighted by Crippen LogP contribution is -2.32. The third kappa shape index (κ3) is 4.53. The van der Waals surface area contributed by atoms with Gasteiger partial charge in [0.15, 0.2) is 0 Å². The Kier molecular flexibility index (Phi) is 5.87. The molecule has 1 amide bonds. The van der Waals surface area contributed by atoms with Crippen LogP contribution in [0.4, 0.5) is 0 Å². The highest BCUT2D eigenvalue weighted by molar-refractivity contribution is 5.98. The van der Waals surface area contributed by atoms with Crippen molar-refractivity contribution in [3.8, 4) is 17.2 Å². The van der Waals surface area contributed by atoms with Crippen molar-refractivity contribution in [2.45, 2.75) is 18.9 Å². The number of nitrogens with zero attached hydrogens (tertiary/aromatic N) is 1. The van der Waals surface area contributed by atoms with E-state index in [-0.39, 0.29) is 19.1 Å². The summed E-state index contributed by atoms with van der Waals surface area (Å²) < 4.78 is 0. The van der Waals surface area contributed by atoms with E-state index >= 15 is 0 Å². The van der Waals surface area contributed by atoms with Crippen LogP contribution in [-0.2, 0) is 0 Å². The maximum atomic E-state index is 12.3. The lowest BCUT2D eigenvalue weighted by atomic mass is 10.0. The fourth-order valence-electron chi connectivity index (χ4n) is 2.90. The van der Waals surface area contributed by atoms with E-state index in [2.05, 4.69) is 16.4 Å². The van der Waals surface area contributed by atoms with E-state index in [0.29, 0.717) is 24.1 Å². The molecule has 1 atom stereocenters. The molecule has 3 aromatic rings. The summed E-state index contributed by atoms with van der Waals surface area (Å²) in [6.07, 6.45) is 0.271. The average Bonchev–Trinajstić information content (AvgIpc) is 3.14. The van der Waals surface area contributed by atoms with E-state index in [1.807, 2.05) is 30.3 Å². The Morgan fingerprint density at radius 2 is 1.89 bits per heavy atom. The van der Waals surface area contributed by atoms with Crippen LogP contribution in [0.25, 0.3) is 22.0 Å². The molecule has 138 valence electrons. The third-order valence-electron chi connectivity index (χ3n) is 4.41. The summed E-state index contributed by atoms with van der Waals surface area (Å²) in [4.78, 5) is 15.4. The molecule has 4 N–H and O–H groups in total. The second kappa shape index (κ2) is 8.49. The highest BCUT2D eigenvalue weighted by atomic mass is 16.3. The highest BCUT2D eigenvalue weighted by Gasteiger charge is 2.12. The number of aliphatic hydroxyl groups excluding tert-OH is 2. The van der Waals surface area contributed by atoms with Crippen LogP contribution in [0.5, 0.6) is 0 Å². The largest absolute Gasteiger partial charge is 0.396 e. The number of benzene rings is 2. The van der Waals surface area contributed by atoms with Crippen LogP contribution in [-0.4, -0.2) is 40.4 Å². The van der Waals surface area contributed by atoms with E-state index in [0.717, 1.165) is 22.0 Å². The second-order valence-electron chi connectivity index (χ2n) is 6.40. The van der Waals surface area contributed by atoms with E-state index in [4.69, 9.17) is 10.4 Å². The Hall–Kier alpha value is -3.14. The normalized spacial score (nSPS) is 11.9. The number of aromatic amines is 1. The Morgan fingerprint density at radius 1 is 1.15 bits per heavy atom. The number of hydrogen-bond donors (Lipinski definition) is 4. The monoisotopic (exact) mass is 363 g/mol. The third-order valence-corrected chi connectivity index (χ3v) is 4.41. The molecule has 1 unspecified atom stereocenters. The number of fused-ring (bicyclic) bond motifs is 1. The number of hydrogen-bond acceptors (Lipinski definition) is 4. The second-order valence-corrected chi connectivity index (χ2v) is 6.40. The van der Waals surface area contributed by atoms with Crippen LogP contribution in [0.3, 0.4) is 0 Å². The van der Waals surface area contributed by atoms with Gasteiger partial charge in [0.2, 0.25) is 0 Å². The Balaban J connectivity index is 1.73. The quantitative estimate of drug-likeness (QED) is 0.517. The van der Waals surface area contributed by atoms with E-state index < -0.39 is 6.10 Å². The number of aromatic nitrogens is 1. The molecule has 0 bridgehead atoms. The molecule has 6 nitrogen and oxygen atoms in total. The molecule has 0 aliphatic carbocycles. The lowest BCUT2D eigenvalue weighted by Gasteiger charge is -2.10. The van der Waals surface area contributed by atoms with E-state index in [1.165, 1.54) is 0 Å². The van der Waals surface area contributed by atoms with Crippen LogP contribution in [0.15, 0.2) is 48.5 Å². The average molecular weight is 363 g/mol. The Labute approximate surface area is 157 Å². The molecule has 0 aliphatic rings. The molecule has 3 rings (SSSR count). The maximum Gasteiger partial charge on any atom is 0.267 e. The molecule has 0 fully saturated rings. The summed E-state index contributed by atoms with van der Waals surface area (Å²) >= 11 is 0. The van der Waals surface area contributed by atoms with E-state index in [1.54, 1.807) is 18.2 Å². The van der Waals surface area contributed by atoms with Gasteiger partial charge in [-0.05, 0) is 48.2 Å². The molecule has 0 saturated heterocycles. The van der Waals surface area contributed by atoms with Gasteiger partial charge in [-0.15, -0.1) is 0 Å². The minimum atomic E-state index is -0.673. The molecule has 1 aromatic heterocycles. The Bertz CT molecular complexity index is 970. The number of nitrogens with one attached hydrogen (secondary N) is 2. The van der Waals surface area contributed by atoms with Gasteiger partial charge in [-0.25, -0.2) is 0 Å². The van der Waals surface area contributed by atoms with Crippen molar-refractivity contribution in [1.82, 2.24) is 10.3 Å². The van der Waals surface area contributed by atoms with Crippen LogP contribution in [0.2, 0.25) is 0 Å². The standard InChI is InChI=1S/C21H21N3O3/c22-12-14-3-5-15(6-4-14)16-7-8-17-11-20(24-19(17)10-16)21(27)23-13-18(26)2-1-9-25/h3-8,10-11,18,24-26H,1-2,9,13H2,(H,23,27). The van der Waals surface area contributed by atoms with Crippen molar-refractivity contribution < 1.29 is 15.0 Å². The van der Waals surface area contributed by atoms with Crippen molar-refractivity contribution in [1.29, 1.82) is 5.26 Å². The Morgan fingerprint density at radius 3 is 2.59 bits per heavy atom. The molecular formula is C21H21N3O3. The van der Waals surface area contributed by atoms with Gasteiger partial charge in [0.25, 0.3) is 5.91 Å². The highest BCUT2D eigenvalue weighted by Crippen LogP contribution is 2.25. The fourth-order valence-corrected chi connectivity index (χ4v) is 2.90. The van der Waals surface area contributed by atoms with E-state index in [9.17, 15) is 9.90 Å². The van der Waals surface area contributed by atoms with Gasteiger partial charge in [0.1, 0.15) is 5.69 Å². The molecule has 6 heteroatoms. The first-order chi connectivity index (χ1) is 13.1.